The molecule has 10 nitrogen and oxygen atoms in total. The quantitative estimate of drug-likeness (QED) is 0.481. The summed E-state index contributed by atoms with van der Waals surface area (Å²) >= 11 is 0. The summed E-state index contributed by atoms with van der Waals surface area (Å²) in [6, 6.07) is 7.49. The van der Waals surface area contributed by atoms with Gasteiger partial charge in [-0.15, -0.1) is 0 Å². The van der Waals surface area contributed by atoms with Crippen LogP contribution >= 0.6 is 0 Å². The molecule has 0 spiro atoms. The number of aromatic nitrogens is 3. The number of anilines is 1. The number of aliphatic hydroxyl groups is 1. The van der Waals surface area contributed by atoms with Crippen LogP contribution < -0.4 is 15.8 Å². The van der Waals surface area contributed by atoms with Crippen LogP contribution in [0.25, 0.3) is 16.7 Å². The summed E-state index contributed by atoms with van der Waals surface area (Å²) in [6.07, 6.45) is 7.77. The van der Waals surface area contributed by atoms with E-state index < -0.39 is 5.91 Å². The first-order valence-electron chi connectivity index (χ1n) is 12.5. The Kier molecular flexibility index (Phi) is 6.77. The number of hydrogen-bond acceptors (Lipinski definition) is 7. The van der Waals surface area contributed by atoms with Crippen LogP contribution in [-0.2, 0) is 4.79 Å². The number of nitrogens with two attached hydrogens (primary N) is 1. The third-order valence-corrected chi connectivity index (χ3v) is 7.35. The summed E-state index contributed by atoms with van der Waals surface area (Å²) in [5.74, 6) is 1.40. The van der Waals surface area contributed by atoms with Crippen molar-refractivity contribution in [2.24, 2.45) is 11.7 Å². The molecule has 3 heterocycles. The van der Waals surface area contributed by atoms with Crippen molar-refractivity contribution in [3.05, 3.63) is 42.2 Å². The number of nitrogens with zero attached hydrogens (tertiary/aromatic N) is 4. The molecule has 1 saturated heterocycles. The third kappa shape index (κ3) is 4.73. The molecule has 0 atom stereocenters. The number of primary amides is 1. The molecule has 2 amide bonds. The van der Waals surface area contributed by atoms with Gasteiger partial charge in [-0.25, -0.2) is 4.98 Å². The van der Waals surface area contributed by atoms with Crippen LogP contribution in [0.15, 0.2) is 36.7 Å². The maximum Gasteiger partial charge on any atom is 0.251 e. The summed E-state index contributed by atoms with van der Waals surface area (Å²) < 4.78 is 7.27. The summed E-state index contributed by atoms with van der Waals surface area (Å²) in [6.45, 7) is 1.30. The summed E-state index contributed by atoms with van der Waals surface area (Å²) in [4.78, 5) is 36.0. The van der Waals surface area contributed by atoms with Gasteiger partial charge in [-0.05, 0) is 56.7 Å². The van der Waals surface area contributed by atoms with E-state index in [2.05, 4.69) is 10.3 Å². The number of amides is 2. The van der Waals surface area contributed by atoms with E-state index in [1.54, 1.807) is 31.6 Å². The van der Waals surface area contributed by atoms with Crippen molar-refractivity contribution in [2.75, 3.05) is 25.5 Å². The fourth-order valence-corrected chi connectivity index (χ4v) is 5.37. The second-order valence-corrected chi connectivity index (χ2v) is 9.62. The molecule has 0 radical (unpaired) electrons. The smallest absolute Gasteiger partial charge is 0.251 e. The zero-order valence-corrected chi connectivity index (χ0v) is 20.4. The molecule has 5 rings (SSSR count). The van der Waals surface area contributed by atoms with E-state index in [1.807, 2.05) is 21.6 Å². The van der Waals surface area contributed by atoms with E-state index in [4.69, 9.17) is 15.5 Å². The molecule has 0 bridgehead atoms. The molecule has 2 aliphatic rings. The Morgan fingerprint density at radius 2 is 1.86 bits per heavy atom. The molecular formula is C26H32N6O4. The van der Waals surface area contributed by atoms with Crippen LogP contribution in [0, 0.1) is 5.92 Å². The molecule has 190 valence electrons. The first kappa shape index (κ1) is 24.1. The molecule has 0 unspecified atom stereocenters. The lowest BCUT2D eigenvalue weighted by Gasteiger charge is -2.35. The van der Waals surface area contributed by atoms with Crippen LogP contribution in [-0.4, -0.2) is 68.7 Å². The predicted molar refractivity (Wildman–Crippen MR) is 135 cm³/mol. The molecule has 2 fully saturated rings. The Morgan fingerprint density at radius 3 is 2.56 bits per heavy atom. The second-order valence-electron chi connectivity index (χ2n) is 9.62. The van der Waals surface area contributed by atoms with E-state index >= 15 is 0 Å². The maximum absolute atomic E-state index is 12.9. The van der Waals surface area contributed by atoms with Crippen LogP contribution in [0.1, 0.15) is 48.9 Å². The van der Waals surface area contributed by atoms with Crippen molar-refractivity contribution in [2.45, 2.75) is 50.7 Å². The Hall–Kier alpha value is -3.66. The van der Waals surface area contributed by atoms with Gasteiger partial charge in [0, 0.05) is 37.4 Å². The van der Waals surface area contributed by atoms with Crippen molar-refractivity contribution < 1.29 is 19.4 Å². The van der Waals surface area contributed by atoms with Gasteiger partial charge in [-0.1, -0.05) is 6.07 Å². The topological polar surface area (TPSA) is 136 Å². The van der Waals surface area contributed by atoms with Crippen molar-refractivity contribution >= 4 is 28.7 Å². The molecule has 1 saturated carbocycles. The lowest BCUT2D eigenvalue weighted by atomic mass is 9.85. The van der Waals surface area contributed by atoms with Crippen LogP contribution in [0.4, 0.5) is 5.95 Å². The van der Waals surface area contributed by atoms with Crippen LogP contribution in [0.2, 0.25) is 0 Å². The molecule has 2 aromatic heterocycles. The number of carbonyl (C=O) groups excluding carboxylic acids is 2. The normalized spacial score (nSPS) is 20.9. The zero-order valence-electron chi connectivity index (χ0n) is 20.4. The summed E-state index contributed by atoms with van der Waals surface area (Å²) in [7, 11) is 1.56. The SMILES string of the molecule is COc1cccc2c1c(C(N)=O)cn2-c1ccnc(NC2CCC(C(=O)N3CCC(O)CC3)CC2)n1. The van der Waals surface area contributed by atoms with Gasteiger partial charge >= 0.3 is 0 Å². The van der Waals surface area contributed by atoms with Crippen molar-refractivity contribution in [3.8, 4) is 11.6 Å². The zero-order chi connectivity index (χ0) is 25.2. The van der Waals surface area contributed by atoms with E-state index in [0.717, 1.165) is 31.2 Å². The number of benzene rings is 1. The average Bonchev–Trinajstić information content (AvgIpc) is 3.30. The number of methoxy groups -OCH3 is 1. The average molecular weight is 493 g/mol. The molecule has 1 aromatic carbocycles. The molecule has 1 aliphatic heterocycles. The maximum atomic E-state index is 12.9. The number of aliphatic hydroxyl groups excluding tert-OH is 1. The summed E-state index contributed by atoms with van der Waals surface area (Å²) in [5, 5.41) is 13.8. The number of piperidine rings is 1. The van der Waals surface area contributed by atoms with Gasteiger partial charge < -0.3 is 30.4 Å². The molecule has 4 N–H and O–H groups in total. The molecule has 1 aliphatic carbocycles. The van der Waals surface area contributed by atoms with E-state index in [0.29, 0.717) is 54.4 Å². The number of fused-ring (bicyclic) bond motifs is 1. The van der Waals surface area contributed by atoms with Gasteiger partial charge in [-0.3, -0.25) is 9.59 Å². The summed E-state index contributed by atoms with van der Waals surface area (Å²) in [5.41, 5.74) is 6.77. The predicted octanol–water partition coefficient (Wildman–Crippen LogP) is 2.48. The highest BCUT2D eigenvalue weighted by Crippen LogP contribution is 2.32. The molecular weight excluding hydrogens is 460 g/mol. The van der Waals surface area contributed by atoms with Gasteiger partial charge in [0.2, 0.25) is 11.9 Å². The number of nitrogens with one attached hydrogen (secondary N) is 1. The van der Waals surface area contributed by atoms with Gasteiger partial charge in [0.15, 0.2) is 0 Å². The highest BCUT2D eigenvalue weighted by molar-refractivity contribution is 6.09. The lowest BCUT2D eigenvalue weighted by Crippen LogP contribution is -2.44. The van der Waals surface area contributed by atoms with E-state index in [9.17, 15) is 14.7 Å². The number of hydrogen-bond donors (Lipinski definition) is 3. The van der Waals surface area contributed by atoms with Crippen molar-refractivity contribution in [1.82, 2.24) is 19.4 Å². The first-order valence-corrected chi connectivity index (χ1v) is 12.5. The number of carbonyl (C=O) groups is 2. The second kappa shape index (κ2) is 10.1. The van der Waals surface area contributed by atoms with Gasteiger partial charge in [-0.2, -0.15) is 4.98 Å². The van der Waals surface area contributed by atoms with Crippen molar-refractivity contribution in [3.63, 3.8) is 0 Å². The standard InChI is InChI=1S/C26H32N6O4/c1-36-21-4-2-3-20-23(21)19(24(27)34)15-32(20)22-9-12-28-26(30-22)29-17-7-5-16(6-8-17)25(35)31-13-10-18(33)11-14-31/h2-4,9,12,15-18,33H,5-8,10-11,13-14H2,1H3,(H2,27,34)(H,28,29,30). The van der Waals surface area contributed by atoms with Gasteiger partial charge in [0.25, 0.3) is 5.91 Å². The number of likely N-dealkylation sites (tertiary alicyclic amines) is 1. The molecule has 3 aromatic rings. The van der Waals surface area contributed by atoms with E-state index in [1.165, 1.54) is 0 Å². The highest BCUT2D eigenvalue weighted by Gasteiger charge is 2.31. The fraction of sp³-hybridized carbons (Fsp3) is 0.462. The van der Waals surface area contributed by atoms with Crippen molar-refractivity contribution in [1.29, 1.82) is 0 Å². The highest BCUT2D eigenvalue weighted by atomic mass is 16.5. The van der Waals surface area contributed by atoms with E-state index in [-0.39, 0.29) is 24.0 Å². The largest absolute Gasteiger partial charge is 0.496 e. The number of rotatable bonds is 6. The van der Waals surface area contributed by atoms with Crippen LogP contribution in [0.3, 0.4) is 0 Å². The lowest BCUT2D eigenvalue weighted by molar-refractivity contribution is -0.138. The van der Waals surface area contributed by atoms with Gasteiger partial charge in [0.05, 0.1) is 29.7 Å². The third-order valence-electron chi connectivity index (χ3n) is 7.35. The fourth-order valence-electron chi connectivity index (χ4n) is 5.37. The molecule has 10 heteroatoms. The monoisotopic (exact) mass is 492 g/mol. The Bertz CT molecular complexity index is 1260. The molecule has 36 heavy (non-hydrogen) atoms. The van der Waals surface area contributed by atoms with Gasteiger partial charge in [0.1, 0.15) is 11.6 Å². The Balaban J connectivity index is 1.28. The Morgan fingerprint density at radius 1 is 1.11 bits per heavy atom. The minimum absolute atomic E-state index is 0.0407. The first-order chi connectivity index (χ1) is 17.4. The minimum Gasteiger partial charge on any atom is -0.496 e. The van der Waals surface area contributed by atoms with Crippen LogP contribution in [0.5, 0.6) is 5.75 Å². The number of ether oxygens (including phenoxy) is 1. The minimum atomic E-state index is -0.539. The Labute approximate surface area is 209 Å².